The largest absolute Gasteiger partial charge is 0.492 e. The molecule has 1 rings (SSSR count). The Balaban J connectivity index is 2.61. The number of nitrogens with one attached hydrogen (secondary N) is 1. The lowest BCUT2D eigenvalue weighted by atomic mass is 10.1. The minimum Gasteiger partial charge on any atom is -0.492 e. The quantitative estimate of drug-likeness (QED) is 0.621. The van der Waals surface area contributed by atoms with Crippen LogP contribution in [0.3, 0.4) is 0 Å². The Labute approximate surface area is 104 Å². The third-order valence-electron chi connectivity index (χ3n) is 2.29. The van der Waals surface area contributed by atoms with Gasteiger partial charge in [0, 0.05) is 24.1 Å². The summed E-state index contributed by atoms with van der Waals surface area (Å²) in [5.74, 6) is 3.49. The molecule has 0 aromatic heterocycles. The standard InChI is InChI=1S/C15H21NO/c1-5-6-11-17-14-10-8-7-9-13(14)12-16-15(2,3)4/h1,7-10,16H,6,11-12H2,2-4H3. The van der Waals surface area contributed by atoms with E-state index in [-0.39, 0.29) is 5.54 Å². The Morgan fingerprint density at radius 1 is 1.29 bits per heavy atom. The first-order valence-electron chi connectivity index (χ1n) is 5.92. The maximum Gasteiger partial charge on any atom is 0.123 e. The first kappa shape index (κ1) is 13.6. The second kappa shape index (κ2) is 6.32. The van der Waals surface area contributed by atoms with Crippen molar-refractivity contribution in [2.75, 3.05) is 6.61 Å². The van der Waals surface area contributed by atoms with Gasteiger partial charge < -0.3 is 10.1 Å². The molecule has 0 amide bonds. The van der Waals surface area contributed by atoms with E-state index < -0.39 is 0 Å². The van der Waals surface area contributed by atoms with Crippen LogP contribution in [0, 0.1) is 12.3 Å². The van der Waals surface area contributed by atoms with Crippen molar-refractivity contribution >= 4 is 0 Å². The van der Waals surface area contributed by atoms with Crippen LogP contribution in [0.5, 0.6) is 5.75 Å². The first-order valence-corrected chi connectivity index (χ1v) is 5.92. The minimum atomic E-state index is 0.103. The fraction of sp³-hybridized carbons (Fsp3) is 0.467. The van der Waals surface area contributed by atoms with E-state index in [9.17, 15) is 0 Å². The number of terminal acetylenes is 1. The van der Waals surface area contributed by atoms with Crippen molar-refractivity contribution in [3.63, 3.8) is 0 Å². The molecule has 0 spiro atoms. The number of para-hydroxylation sites is 1. The second-order valence-corrected chi connectivity index (χ2v) is 5.01. The molecule has 2 nitrogen and oxygen atoms in total. The van der Waals surface area contributed by atoms with Crippen molar-refractivity contribution < 1.29 is 4.74 Å². The molecule has 0 saturated carbocycles. The highest BCUT2D eigenvalue weighted by molar-refractivity contribution is 5.33. The lowest BCUT2D eigenvalue weighted by Gasteiger charge is -2.21. The highest BCUT2D eigenvalue weighted by Crippen LogP contribution is 2.18. The van der Waals surface area contributed by atoms with E-state index in [1.54, 1.807) is 0 Å². The molecule has 0 atom stereocenters. The van der Waals surface area contributed by atoms with Gasteiger partial charge in [-0.1, -0.05) is 18.2 Å². The van der Waals surface area contributed by atoms with Gasteiger partial charge in [0.2, 0.25) is 0 Å². The summed E-state index contributed by atoms with van der Waals surface area (Å²) in [6.45, 7) is 7.82. The molecule has 1 aromatic rings. The summed E-state index contributed by atoms with van der Waals surface area (Å²) >= 11 is 0. The number of ether oxygens (including phenoxy) is 1. The third-order valence-corrected chi connectivity index (χ3v) is 2.29. The third kappa shape index (κ3) is 5.42. The smallest absolute Gasteiger partial charge is 0.123 e. The van der Waals surface area contributed by atoms with E-state index in [0.29, 0.717) is 13.0 Å². The fourth-order valence-electron chi connectivity index (χ4n) is 1.37. The minimum absolute atomic E-state index is 0.103. The predicted molar refractivity (Wildman–Crippen MR) is 72.0 cm³/mol. The van der Waals surface area contributed by atoms with Gasteiger partial charge in [0.05, 0.1) is 6.61 Å². The molecule has 2 heteroatoms. The normalized spacial score (nSPS) is 10.9. The van der Waals surface area contributed by atoms with Gasteiger partial charge in [-0.15, -0.1) is 12.3 Å². The van der Waals surface area contributed by atoms with Crippen LogP contribution in [0.2, 0.25) is 0 Å². The van der Waals surface area contributed by atoms with Crippen LogP contribution in [0.25, 0.3) is 0 Å². The van der Waals surface area contributed by atoms with Crippen molar-refractivity contribution in [2.24, 2.45) is 0 Å². The molecule has 1 aromatic carbocycles. The molecule has 0 aliphatic heterocycles. The summed E-state index contributed by atoms with van der Waals surface area (Å²) in [7, 11) is 0. The number of hydrogen-bond donors (Lipinski definition) is 1. The topological polar surface area (TPSA) is 21.3 Å². The Morgan fingerprint density at radius 2 is 2.00 bits per heavy atom. The van der Waals surface area contributed by atoms with E-state index in [2.05, 4.69) is 38.1 Å². The van der Waals surface area contributed by atoms with Crippen LogP contribution < -0.4 is 10.1 Å². The Bertz CT molecular complexity index is 385. The maximum atomic E-state index is 5.66. The molecule has 17 heavy (non-hydrogen) atoms. The molecule has 0 aliphatic carbocycles. The molecule has 1 N–H and O–H groups in total. The zero-order chi connectivity index (χ0) is 12.7. The summed E-state index contributed by atoms with van der Waals surface area (Å²) in [4.78, 5) is 0. The van der Waals surface area contributed by atoms with E-state index in [1.807, 2.05) is 18.2 Å². The molecule has 0 unspecified atom stereocenters. The van der Waals surface area contributed by atoms with Crippen LogP contribution in [-0.4, -0.2) is 12.1 Å². The molecule has 0 fully saturated rings. The van der Waals surface area contributed by atoms with Crippen molar-refractivity contribution in [3.8, 4) is 18.1 Å². The van der Waals surface area contributed by atoms with E-state index in [1.165, 1.54) is 5.56 Å². The average molecular weight is 231 g/mol. The van der Waals surface area contributed by atoms with E-state index in [4.69, 9.17) is 11.2 Å². The van der Waals surface area contributed by atoms with Gasteiger partial charge in [0.25, 0.3) is 0 Å². The van der Waals surface area contributed by atoms with Crippen LogP contribution >= 0.6 is 0 Å². The summed E-state index contributed by atoms with van der Waals surface area (Å²) in [6, 6.07) is 8.06. The Hall–Kier alpha value is -1.46. The summed E-state index contributed by atoms with van der Waals surface area (Å²) in [5.41, 5.74) is 1.27. The van der Waals surface area contributed by atoms with E-state index >= 15 is 0 Å². The lowest BCUT2D eigenvalue weighted by Crippen LogP contribution is -2.35. The average Bonchev–Trinajstić information content (AvgIpc) is 2.27. The summed E-state index contributed by atoms with van der Waals surface area (Å²) in [5, 5.41) is 3.45. The molecule has 0 saturated heterocycles. The summed E-state index contributed by atoms with van der Waals surface area (Å²) < 4.78 is 5.66. The van der Waals surface area contributed by atoms with Gasteiger partial charge in [-0.3, -0.25) is 0 Å². The molecule has 92 valence electrons. The molecule has 0 aliphatic rings. The number of rotatable bonds is 5. The fourth-order valence-corrected chi connectivity index (χ4v) is 1.37. The SMILES string of the molecule is C#CCCOc1ccccc1CNC(C)(C)C. The van der Waals surface area contributed by atoms with Gasteiger partial charge >= 0.3 is 0 Å². The van der Waals surface area contributed by atoms with Crippen molar-refractivity contribution in [2.45, 2.75) is 39.3 Å². The van der Waals surface area contributed by atoms with Gasteiger partial charge in [-0.05, 0) is 26.8 Å². The molecule has 0 bridgehead atoms. The maximum absolute atomic E-state index is 5.66. The second-order valence-electron chi connectivity index (χ2n) is 5.01. The predicted octanol–water partition coefficient (Wildman–Crippen LogP) is 2.98. The Morgan fingerprint density at radius 3 is 2.65 bits per heavy atom. The van der Waals surface area contributed by atoms with Crippen molar-refractivity contribution in [3.05, 3.63) is 29.8 Å². The lowest BCUT2D eigenvalue weighted by molar-refractivity contribution is 0.320. The summed E-state index contributed by atoms with van der Waals surface area (Å²) in [6.07, 6.45) is 5.84. The van der Waals surface area contributed by atoms with Crippen LogP contribution in [0.4, 0.5) is 0 Å². The van der Waals surface area contributed by atoms with Crippen LogP contribution in [-0.2, 0) is 6.54 Å². The van der Waals surface area contributed by atoms with Crippen molar-refractivity contribution in [1.82, 2.24) is 5.32 Å². The molecule has 0 radical (unpaired) electrons. The highest BCUT2D eigenvalue weighted by Gasteiger charge is 2.10. The van der Waals surface area contributed by atoms with Crippen LogP contribution in [0.1, 0.15) is 32.8 Å². The number of benzene rings is 1. The highest BCUT2D eigenvalue weighted by atomic mass is 16.5. The zero-order valence-corrected chi connectivity index (χ0v) is 10.9. The number of hydrogen-bond acceptors (Lipinski definition) is 2. The molecule has 0 heterocycles. The Kier molecular flexibility index (Phi) is 5.06. The monoisotopic (exact) mass is 231 g/mol. The van der Waals surface area contributed by atoms with Gasteiger partial charge in [-0.2, -0.15) is 0 Å². The molecular formula is C15H21NO. The van der Waals surface area contributed by atoms with Crippen LogP contribution in [0.15, 0.2) is 24.3 Å². The molecular weight excluding hydrogens is 210 g/mol. The first-order chi connectivity index (χ1) is 8.03. The zero-order valence-electron chi connectivity index (χ0n) is 10.9. The van der Waals surface area contributed by atoms with Crippen molar-refractivity contribution in [1.29, 1.82) is 0 Å². The van der Waals surface area contributed by atoms with Gasteiger partial charge in [-0.25, -0.2) is 0 Å². The van der Waals surface area contributed by atoms with Gasteiger partial charge in [0.1, 0.15) is 5.75 Å². The van der Waals surface area contributed by atoms with Gasteiger partial charge in [0.15, 0.2) is 0 Å². The van der Waals surface area contributed by atoms with E-state index in [0.717, 1.165) is 12.3 Å².